The zero-order valence-corrected chi connectivity index (χ0v) is 18.8. The van der Waals surface area contributed by atoms with Crippen molar-refractivity contribution in [1.29, 1.82) is 0 Å². The number of hydrogen-bond donors (Lipinski definition) is 2. The average molecular weight is 419 g/mol. The molecule has 1 aromatic rings. The molecule has 1 fully saturated rings. The van der Waals surface area contributed by atoms with Gasteiger partial charge in [-0.2, -0.15) is 0 Å². The van der Waals surface area contributed by atoms with Gasteiger partial charge in [-0.1, -0.05) is 18.6 Å². The van der Waals surface area contributed by atoms with Gasteiger partial charge in [0.1, 0.15) is 12.4 Å². The van der Waals surface area contributed by atoms with Crippen molar-refractivity contribution < 1.29 is 14.3 Å². The van der Waals surface area contributed by atoms with Gasteiger partial charge in [0.2, 0.25) is 5.91 Å². The normalized spacial score (nSPS) is 15.1. The maximum atomic E-state index is 12.1. The maximum Gasteiger partial charge on any atom is 0.222 e. The molecule has 2 rings (SSSR count). The second-order valence-corrected chi connectivity index (χ2v) is 7.62. The van der Waals surface area contributed by atoms with Gasteiger partial charge in [-0.25, -0.2) is 4.99 Å². The lowest BCUT2D eigenvalue weighted by Crippen LogP contribution is -2.39. The Labute approximate surface area is 181 Å². The largest absolute Gasteiger partial charge is 0.491 e. The van der Waals surface area contributed by atoms with E-state index in [4.69, 9.17) is 14.5 Å². The molecular formula is C23H38N4O3. The van der Waals surface area contributed by atoms with Gasteiger partial charge in [0.15, 0.2) is 5.96 Å². The summed E-state index contributed by atoms with van der Waals surface area (Å²) in [6.45, 7) is 8.98. The zero-order chi connectivity index (χ0) is 21.6. The molecule has 168 valence electrons. The number of hydrogen-bond acceptors (Lipinski definition) is 4. The number of likely N-dealkylation sites (tertiary alicyclic amines) is 1. The quantitative estimate of drug-likeness (QED) is 0.328. The molecule has 1 aliphatic heterocycles. The minimum atomic E-state index is 0.299. The van der Waals surface area contributed by atoms with Crippen LogP contribution in [-0.4, -0.2) is 63.3 Å². The SMILES string of the molecule is CCNC(=NCc1ccc(C)cc1OCCOC)NCCCN1CCCCCC1=O. The molecule has 1 aromatic carbocycles. The number of nitrogens with one attached hydrogen (secondary N) is 2. The fourth-order valence-corrected chi connectivity index (χ4v) is 3.42. The van der Waals surface area contributed by atoms with Crippen LogP contribution in [0.5, 0.6) is 5.75 Å². The molecule has 7 heteroatoms. The summed E-state index contributed by atoms with van der Waals surface area (Å²) in [7, 11) is 1.67. The predicted molar refractivity (Wildman–Crippen MR) is 121 cm³/mol. The molecule has 0 bridgehead atoms. The van der Waals surface area contributed by atoms with Gasteiger partial charge in [-0.05, 0) is 44.7 Å². The van der Waals surface area contributed by atoms with Crippen LogP contribution in [0.25, 0.3) is 0 Å². The van der Waals surface area contributed by atoms with Crippen molar-refractivity contribution in [3.05, 3.63) is 29.3 Å². The smallest absolute Gasteiger partial charge is 0.222 e. The Balaban J connectivity index is 1.87. The van der Waals surface area contributed by atoms with Gasteiger partial charge in [-0.15, -0.1) is 0 Å². The highest BCUT2D eigenvalue weighted by molar-refractivity contribution is 5.79. The van der Waals surface area contributed by atoms with Crippen LogP contribution in [0.4, 0.5) is 0 Å². The lowest BCUT2D eigenvalue weighted by Gasteiger charge is -2.20. The Kier molecular flexibility index (Phi) is 11.1. The van der Waals surface area contributed by atoms with Crippen molar-refractivity contribution in [2.24, 2.45) is 4.99 Å². The number of rotatable bonds is 11. The molecule has 0 spiro atoms. The summed E-state index contributed by atoms with van der Waals surface area (Å²) in [5.74, 6) is 1.93. The number of guanidine groups is 1. The number of carbonyl (C=O) groups excluding carboxylic acids is 1. The second kappa shape index (κ2) is 13.9. The summed E-state index contributed by atoms with van der Waals surface area (Å²) in [5, 5.41) is 6.67. The molecular weight excluding hydrogens is 380 g/mol. The molecule has 0 saturated carbocycles. The Bertz CT molecular complexity index is 678. The number of aryl methyl sites for hydroxylation is 1. The Morgan fingerprint density at radius 3 is 2.87 bits per heavy atom. The fraction of sp³-hybridized carbons (Fsp3) is 0.652. The summed E-state index contributed by atoms with van der Waals surface area (Å²) in [4.78, 5) is 18.8. The lowest BCUT2D eigenvalue weighted by molar-refractivity contribution is -0.130. The third kappa shape index (κ3) is 8.61. The van der Waals surface area contributed by atoms with Crippen LogP contribution in [0.1, 0.15) is 50.2 Å². The molecule has 1 aliphatic rings. The first-order chi connectivity index (χ1) is 14.6. The number of nitrogens with zero attached hydrogens (tertiary/aromatic N) is 2. The molecule has 7 nitrogen and oxygen atoms in total. The molecule has 0 aromatic heterocycles. The Morgan fingerprint density at radius 2 is 2.07 bits per heavy atom. The van der Waals surface area contributed by atoms with Crippen molar-refractivity contribution in [2.45, 2.75) is 52.5 Å². The average Bonchev–Trinajstić information content (AvgIpc) is 2.94. The van der Waals surface area contributed by atoms with Crippen molar-refractivity contribution >= 4 is 11.9 Å². The maximum absolute atomic E-state index is 12.1. The van der Waals surface area contributed by atoms with E-state index in [1.54, 1.807) is 7.11 Å². The minimum Gasteiger partial charge on any atom is -0.491 e. The van der Waals surface area contributed by atoms with Crippen molar-refractivity contribution in [3.63, 3.8) is 0 Å². The zero-order valence-electron chi connectivity index (χ0n) is 18.8. The highest BCUT2D eigenvalue weighted by Gasteiger charge is 2.15. The van der Waals surface area contributed by atoms with Crippen LogP contribution in [0.15, 0.2) is 23.2 Å². The van der Waals surface area contributed by atoms with Crippen LogP contribution >= 0.6 is 0 Å². The van der Waals surface area contributed by atoms with Crippen LogP contribution in [-0.2, 0) is 16.1 Å². The molecule has 1 amide bonds. The first kappa shape index (κ1) is 24.0. The van der Waals surface area contributed by atoms with E-state index in [0.29, 0.717) is 32.1 Å². The van der Waals surface area contributed by atoms with Gasteiger partial charge >= 0.3 is 0 Å². The molecule has 0 atom stereocenters. The van der Waals surface area contributed by atoms with Crippen LogP contribution in [0.3, 0.4) is 0 Å². The van der Waals surface area contributed by atoms with Crippen molar-refractivity contribution in [2.75, 3.05) is 46.5 Å². The van der Waals surface area contributed by atoms with Gasteiger partial charge in [0, 0.05) is 45.3 Å². The standard InChI is InChI=1S/C23H38N4O3/c1-4-24-23(25-12-8-14-27-13-7-5-6-9-22(27)28)26-18-20-11-10-19(2)17-21(20)30-16-15-29-3/h10-11,17H,4-9,12-16,18H2,1-3H3,(H2,24,25,26). The minimum absolute atomic E-state index is 0.299. The summed E-state index contributed by atoms with van der Waals surface area (Å²) in [6.07, 6.45) is 4.92. The van der Waals surface area contributed by atoms with Crippen LogP contribution in [0.2, 0.25) is 0 Å². The van der Waals surface area contributed by atoms with Crippen molar-refractivity contribution in [1.82, 2.24) is 15.5 Å². The summed E-state index contributed by atoms with van der Waals surface area (Å²) in [6, 6.07) is 6.18. The second-order valence-electron chi connectivity index (χ2n) is 7.62. The van der Waals surface area contributed by atoms with Gasteiger partial charge in [0.05, 0.1) is 13.2 Å². The summed E-state index contributed by atoms with van der Waals surface area (Å²) in [5.41, 5.74) is 2.20. The fourth-order valence-electron chi connectivity index (χ4n) is 3.42. The predicted octanol–water partition coefficient (Wildman–Crippen LogP) is 2.87. The first-order valence-electron chi connectivity index (χ1n) is 11.1. The van der Waals surface area contributed by atoms with E-state index in [1.165, 1.54) is 0 Å². The highest BCUT2D eigenvalue weighted by Crippen LogP contribution is 2.21. The molecule has 0 aliphatic carbocycles. The number of benzene rings is 1. The third-order valence-corrected chi connectivity index (χ3v) is 5.09. The van der Waals surface area contributed by atoms with Gasteiger partial charge in [0.25, 0.3) is 0 Å². The molecule has 1 heterocycles. The Hall–Kier alpha value is -2.28. The molecule has 0 radical (unpaired) electrons. The summed E-state index contributed by atoms with van der Waals surface area (Å²) < 4.78 is 10.9. The van der Waals surface area contributed by atoms with E-state index in [9.17, 15) is 4.79 Å². The monoisotopic (exact) mass is 418 g/mol. The highest BCUT2D eigenvalue weighted by atomic mass is 16.5. The van der Waals surface area contributed by atoms with Crippen LogP contribution in [0, 0.1) is 6.92 Å². The first-order valence-corrected chi connectivity index (χ1v) is 11.1. The van der Waals surface area contributed by atoms with E-state index in [1.807, 2.05) is 11.0 Å². The molecule has 0 unspecified atom stereocenters. The molecule has 1 saturated heterocycles. The third-order valence-electron chi connectivity index (χ3n) is 5.09. The number of aliphatic imine (C=N–C) groups is 1. The topological polar surface area (TPSA) is 75.2 Å². The summed E-state index contributed by atoms with van der Waals surface area (Å²) >= 11 is 0. The van der Waals surface area contributed by atoms with E-state index in [0.717, 1.165) is 74.7 Å². The lowest BCUT2D eigenvalue weighted by atomic mass is 10.1. The van der Waals surface area contributed by atoms with E-state index in [-0.39, 0.29) is 0 Å². The van der Waals surface area contributed by atoms with Crippen LogP contribution < -0.4 is 15.4 Å². The van der Waals surface area contributed by atoms with Gasteiger partial charge in [-0.3, -0.25) is 4.79 Å². The number of amides is 1. The number of carbonyl (C=O) groups is 1. The number of ether oxygens (including phenoxy) is 2. The molecule has 2 N–H and O–H groups in total. The van der Waals surface area contributed by atoms with Crippen molar-refractivity contribution in [3.8, 4) is 5.75 Å². The number of methoxy groups -OCH3 is 1. The Morgan fingerprint density at radius 1 is 1.20 bits per heavy atom. The van der Waals surface area contributed by atoms with E-state index in [2.05, 4.69) is 36.6 Å². The van der Waals surface area contributed by atoms with Gasteiger partial charge < -0.3 is 25.0 Å². The van der Waals surface area contributed by atoms with E-state index >= 15 is 0 Å². The van der Waals surface area contributed by atoms with E-state index < -0.39 is 0 Å². The molecule has 30 heavy (non-hydrogen) atoms.